The van der Waals surface area contributed by atoms with Crippen molar-refractivity contribution in [3.05, 3.63) is 53.9 Å². The van der Waals surface area contributed by atoms with Gasteiger partial charge in [0, 0.05) is 18.0 Å². The maximum Gasteiger partial charge on any atom is 0.197 e. The van der Waals surface area contributed by atoms with Gasteiger partial charge in [-0.05, 0) is 44.5 Å². The molecule has 1 atom stereocenters. The Morgan fingerprint density at radius 1 is 1.21 bits per heavy atom. The molecule has 0 unspecified atom stereocenters. The highest BCUT2D eigenvalue weighted by Gasteiger charge is 2.19. The number of pyridine rings is 1. The van der Waals surface area contributed by atoms with E-state index in [-0.39, 0.29) is 5.25 Å². The van der Waals surface area contributed by atoms with Crippen LogP contribution in [0.25, 0.3) is 17.1 Å². The molecule has 2 aromatic heterocycles. The summed E-state index contributed by atoms with van der Waals surface area (Å²) in [5, 5.41) is 18.3. The van der Waals surface area contributed by atoms with Crippen LogP contribution in [0.5, 0.6) is 0 Å². The number of benzene rings is 1. The number of hydrogen-bond donors (Lipinski definition) is 0. The highest BCUT2D eigenvalue weighted by molar-refractivity contribution is 8.00. The fourth-order valence-corrected chi connectivity index (χ4v) is 3.23. The first-order chi connectivity index (χ1) is 11.6. The van der Waals surface area contributed by atoms with E-state index in [2.05, 4.69) is 53.3 Å². The van der Waals surface area contributed by atoms with Crippen molar-refractivity contribution in [3.8, 4) is 23.1 Å². The Bertz CT molecular complexity index is 896. The second-order valence-electron chi connectivity index (χ2n) is 5.56. The summed E-state index contributed by atoms with van der Waals surface area (Å²) in [5.41, 5.74) is 4.23. The van der Waals surface area contributed by atoms with Crippen LogP contribution in [0.15, 0.2) is 47.9 Å². The van der Waals surface area contributed by atoms with E-state index in [9.17, 15) is 0 Å². The van der Waals surface area contributed by atoms with Crippen molar-refractivity contribution >= 4 is 11.8 Å². The van der Waals surface area contributed by atoms with Crippen molar-refractivity contribution in [2.75, 3.05) is 0 Å². The van der Waals surface area contributed by atoms with Gasteiger partial charge in [0.15, 0.2) is 11.0 Å². The van der Waals surface area contributed by atoms with E-state index in [0.717, 1.165) is 22.6 Å². The molecular weight excluding hydrogens is 318 g/mol. The normalized spacial score (nSPS) is 11.9. The Balaban J connectivity index is 2.20. The van der Waals surface area contributed by atoms with Crippen molar-refractivity contribution < 1.29 is 0 Å². The fraction of sp³-hybridized carbons (Fsp3) is 0.222. The second kappa shape index (κ2) is 6.85. The van der Waals surface area contributed by atoms with Gasteiger partial charge in [0.2, 0.25) is 0 Å². The van der Waals surface area contributed by atoms with E-state index < -0.39 is 0 Å². The first kappa shape index (κ1) is 16.2. The third-order valence-electron chi connectivity index (χ3n) is 3.61. The number of nitrogens with zero attached hydrogens (tertiary/aromatic N) is 5. The van der Waals surface area contributed by atoms with Gasteiger partial charge in [-0.25, -0.2) is 0 Å². The Kier molecular flexibility index (Phi) is 4.63. The monoisotopic (exact) mass is 335 g/mol. The van der Waals surface area contributed by atoms with Gasteiger partial charge in [0.25, 0.3) is 0 Å². The predicted octanol–water partition coefficient (Wildman–Crippen LogP) is 3.95. The Hall–Kier alpha value is -2.65. The van der Waals surface area contributed by atoms with Crippen LogP contribution in [-0.2, 0) is 0 Å². The van der Waals surface area contributed by atoms with Crippen LogP contribution < -0.4 is 0 Å². The van der Waals surface area contributed by atoms with Gasteiger partial charge in [0.05, 0.1) is 17.0 Å². The van der Waals surface area contributed by atoms with Crippen molar-refractivity contribution in [1.82, 2.24) is 19.7 Å². The Morgan fingerprint density at radius 2 is 2.04 bits per heavy atom. The maximum absolute atomic E-state index is 9.13. The Morgan fingerprint density at radius 3 is 2.71 bits per heavy atom. The number of aromatic nitrogens is 4. The molecule has 6 heteroatoms. The SMILES string of the molecule is Cc1ccc(-n2c(S[C@@H](C)C#N)nnc2-c2cccnc2)c(C)c1. The summed E-state index contributed by atoms with van der Waals surface area (Å²) in [4.78, 5) is 4.18. The molecule has 120 valence electrons. The quantitative estimate of drug-likeness (QED) is 0.675. The van der Waals surface area contributed by atoms with Crippen LogP contribution in [0, 0.1) is 25.2 Å². The van der Waals surface area contributed by atoms with Crippen molar-refractivity contribution in [2.45, 2.75) is 31.2 Å². The summed E-state index contributed by atoms with van der Waals surface area (Å²) in [6, 6.07) is 12.3. The number of hydrogen-bond acceptors (Lipinski definition) is 5. The summed E-state index contributed by atoms with van der Waals surface area (Å²) in [7, 11) is 0. The Labute approximate surface area is 145 Å². The zero-order chi connectivity index (χ0) is 17.1. The average molecular weight is 335 g/mol. The largest absolute Gasteiger partial charge is 0.270 e. The highest BCUT2D eigenvalue weighted by atomic mass is 32.2. The lowest BCUT2D eigenvalue weighted by Gasteiger charge is -2.13. The van der Waals surface area contributed by atoms with Gasteiger partial charge >= 0.3 is 0 Å². The standard InChI is InChI=1S/C18H17N5S/c1-12-6-7-16(13(2)9-12)23-17(15-5-4-8-20-11-15)21-22-18(23)24-14(3)10-19/h4-9,11,14H,1-3H3/t14-/m0/s1. The molecule has 0 saturated heterocycles. The predicted molar refractivity (Wildman–Crippen MR) is 95.0 cm³/mol. The van der Waals surface area contributed by atoms with Crippen molar-refractivity contribution in [3.63, 3.8) is 0 Å². The maximum atomic E-state index is 9.13. The fourth-order valence-electron chi connectivity index (χ4n) is 2.49. The number of nitriles is 1. The van der Waals surface area contributed by atoms with Crippen LogP contribution in [-0.4, -0.2) is 25.0 Å². The minimum atomic E-state index is -0.208. The molecule has 3 rings (SSSR count). The lowest BCUT2D eigenvalue weighted by Crippen LogP contribution is -2.04. The van der Waals surface area contributed by atoms with Crippen LogP contribution >= 0.6 is 11.8 Å². The van der Waals surface area contributed by atoms with E-state index in [1.54, 1.807) is 12.4 Å². The van der Waals surface area contributed by atoms with Gasteiger partial charge in [-0.15, -0.1) is 10.2 Å². The third-order valence-corrected chi connectivity index (χ3v) is 4.54. The third kappa shape index (κ3) is 3.17. The molecule has 3 aromatic rings. The minimum Gasteiger partial charge on any atom is -0.270 e. The van der Waals surface area contributed by atoms with E-state index in [4.69, 9.17) is 5.26 Å². The number of aryl methyl sites for hydroxylation is 2. The van der Waals surface area contributed by atoms with E-state index in [1.807, 2.05) is 23.6 Å². The van der Waals surface area contributed by atoms with Crippen LogP contribution in [0.3, 0.4) is 0 Å². The summed E-state index contributed by atoms with van der Waals surface area (Å²) in [6.07, 6.45) is 3.50. The van der Waals surface area contributed by atoms with Crippen LogP contribution in [0.2, 0.25) is 0 Å². The highest BCUT2D eigenvalue weighted by Crippen LogP contribution is 2.31. The van der Waals surface area contributed by atoms with Gasteiger partial charge in [0.1, 0.15) is 0 Å². The number of thioether (sulfide) groups is 1. The van der Waals surface area contributed by atoms with Crippen LogP contribution in [0.1, 0.15) is 18.1 Å². The molecule has 0 amide bonds. The number of rotatable bonds is 4. The first-order valence-corrected chi connectivity index (χ1v) is 8.48. The molecule has 0 N–H and O–H groups in total. The molecule has 2 heterocycles. The zero-order valence-electron chi connectivity index (χ0n) is 13.8. The van der Waals surface area contributed by atoms with E-state index >= 15 is 0 Å². The molecular formula is C18H17N5S. The molecule has 0 fully saturated rings. The lowest BCUT2D eigenvalue weighted by atomic mass is 10.1. The van der Waals surface area contributed by atoms with E-state index in [0.29, 0.717) is 5.16 Å². The smallest absolute Gasteiger partial charge is 0.197 e. The van der Waals surface area contributed by atoms with Gasteiger partial charge < -0.3 is 0 Å². The summed E-state index contributed by atoms with van der Waals surface area (Å²) in [6.45, 7) is 5.99. The molecule has 0 aliphatic rings. The first-order valence-electron chi connectivity index (χ1n) is 7.60. The summed E-state index contributed by atoms with van der Waals surface area (Å²) in [5.74, 6) is 0.725. The molecule has 0 aliphatic heterocycles. The van der Waals surface area contributed by atoms with Gasteiger partial charge in [-0.3, -0.25) is 9.55 Å². The van der Waals surface area contributed by atoms with Gasteiger partial charge in [-0.2, -0.15) is 5.26 Å². The molecule has 5 nitrogen and oxygen atoms in total. The zero-order valence-corrected chi connectivity index (χ0v) is 14.6. The molecule has 1 aromatic carbocycles. The second-order valence-corrected chi connectivity index (χ2v) is 6.87. The van der Waals surface area contributed by atoms with Crippen LogP contribution in [0.4, 0.5) is 0 Å². The van der Waals surface area contributed by atoms with Gasteiger partial charge in [-0.1, -0.05) is 29.5 Å². The molecule has 0 aliphatic carbocycles. The average Bonchev–Trinajstić information content (AvgIpc) is 2.99. The molecule has 24 heavy (non-hydrogen) atoms. The molecule has 0 bridgehead atoms. The van der Waals surface area contributed by atoms with Crippen molar-refractivity contribution in [2.24, 2.45) is 0 Å². The van der Waals surface area contributed by atoms with E-state index in [1.165, 1.54) is 17.3 Å². The summed E-state index contributed by atoms with van der Waals surface area (Å²) < 4.78 is 2.00. The lowest BCUT2D eigenvalue weighted by molar-refractivity contribution is 0.877. The molecule has 0 saturated carbocycles. The minimum absolute atomic E-state index is 0.208. The molecule has 0 radical (unpaired) electrons. The topological polar surface area (TPSA) is 67.4 Å². The molecule has 0 spiro atoms. The summed E-state index contributed by atoms with van der Waals surface area (Å²) >= 11 is 1.40. The van der Waals surface area contributed by atoms with Crippen molar-refractivity contribution in [1.29, 1.82) is 5.26 Å².